The number of hydrogen-bond acceptors (Lipinski definition) is 4. The van der Waals surface area contributed by atoms with Gasteiger partial charge in [-0.05, 0) is 51.2 Å². The van der Waals surface area contributed by atoms with Gasteiger partial charge in [0.1, 0.15) is 5.60 Å². The van der Waals surface area contributed by atoms with E-state index >= 15 is 0 Å². The summed E-state index contributed by atoms with van der Waals surface area (Å²) in [5.41, 5.74) is 0.0290. The van der Waals surface area contributed by atoms with E-state index in [1.807, 2.05) is 20.8 Å². The van der Waals surface area contributed by atoms with Gasteiger partial charge in [0, 0.05) is 24.7 Å². The molecule has 1 heterocycles. The number of sulfonamides is 1. The molecule has 0 bridgehead atoms. The van der Waals surface area contributed by atoms with E-state index in [2.05, 4.69) is 4.72 Å². The minimum absolute atomic E-state index is 0.0669. The zero-order valence-corrected chi connectivity index (χ0v) is 17.1. The van der Waals surface area contributed by atoms with Gasteiger partial charge < -0.3 is 9.64 Å². The van der Waals surface area contributed by atoms with Gasteiger partial charge in [-0.2, -0.15) is 0 Å². The maximum atomic E-state index is 12.3. The lowest BCUT2D eigenvalue weighted by atomic mass is 9.99. The third kappa shape index (κ3) is 6.78. The van der Waals surface area contributed by atoms with Crippen LogP contribution in [0.2, 0.25) is 5.02 Å². The van der Waals surface area contributed by atoms with Crippen molar-refractivity contribution >= 4 is 27.7 Å². The van der Waals surface area contributed by atoms with E-state index in [9.17, 15) is 13.2 Å². The number of carbonyl (C=O) groups excluding carboxylic acids is 1. The second kappa shape index (κ2) is 8.59. The summed E-state index contributed by atoms with van der Waals surface area (Å²) in [7, 11) is -3.49. The van der Waals surface area contributed by atoms with E-state index in [0.29, 0.717) is 30.2 Å². The van der Waals surface area contributed by atoms with Crippen molar-refractivity contribution < 1.29 is 17.9 Å². The Labute approximate surface area is 160 Å². The highest BCUT2D eigenvalue weighted by molar-refractivity contribution is 7.88. The van der Waals surface area contributed by atoms with Gasteiger partial charge in [0.15, 0.2) is 0 Å². The Morgan fingerprint density at radius 1 is 1.35 bits per heavy atom. The van der Waals surface area contributed by atoms with Crippen molar-refractivity contribution in [2.45, 2.75) is 45.0 Å². The molecule has 0 radical (unpaired) electrons. The summed E-state index contributed by atoms with van der Waals surface area (Å²) in [6, 6.07) is 6.90. The summed E-state index contributed by atoms with van der Waals surface area (Å²) < 4.78 is 32.7. The lowest BCUT2D eigenvalue weighted by Gasteiger charge is -2.34. The first kappa shape index (κ1) is 21.0. The molecule has 0 aromatic heterocycles. The summed E-state index contributed by atoms with van der Waals surface area (Å²) in [6.45, 7) is 6.91. The van der Waals surface area contributed by atoms with Crippen molar-refractivity contribution in [1.82, 2.24) is 9.62 Å². The van der Waals surface area contributed by atoms with Crippen molar-refractivity contribution in [3.05, 3.63) is 34.9 Å². The van der Waals surface area contributed by atoms with E-state index in [1.165, 1.54) is 0 Å². The fourth-order valence-electron chi connectivity index (χ4n) is 2.84. The molecule has 1 aliphatic rings. The van der Waals surface area contributed by atoms with Gasteiger partial charge in [-0.25, -0.2) is 17.9 Å². The molecule has 8 heteroatoms. The Morgan fingerprint density at radius 2 is 2.04 bits per heavy atom. The van der Waals surface area contributed by atoms with Gasteiger partial charge in [0.05, 0.1) is 5.75 Å². The van der Waals surface area contributed by atoms with Crippen LogP contribution in [0.1, 0.15) is 39.2 Å². The van der Waals surface area contributed by atoms with Crippen LogP contribution in [-0.4, -0.2) is 44.6 Å². The number of benzene rings is 1. The Balaban J connectivity index is 1.88. The molecule has 1 atom stereocenters. The highest BCUT2D eigenvalue weighted by Crippen LogP contribution is 2.20. The number of nitrogens with one attached hydrogen (secondary N) is 1. The quantitative estimate of drug-likeness (QED) is 0.818. The van der Waals surface area contributed by atoms with E-state index < -0.39 is 15.6 Å². The Hall–Kier alpha value is -1.31. The zero-order valence-electron chi connectivity index (χ0n) is 15.5. The van der Waals surface area contributed by atoms with Gasteiger partial charge in [-0.15, -0.1) is 0 Å². The van der Waals surface area contributed by atoms with Crippen molar-refractivity contribution in [1.29, 1.82) is 0 Å². The smallest absolute Gasteiger partial charge is 0.410 e. The monoisotopic (exact) mass is 402 g/mol. The number of piperidine rings is 1. The highest BCUT2D eigenvalue weighted by Gasteiger charge is 2.28. The molecule has 1 aliphatic heterocycles. The Bertz CT molecular complexity index is 731. The largest absolute Gasteiger partial charge is 0.444 e. The first-order valence-electron chi connectivity index (χ1n) is 8.74. The van der Waals surface area contributed by atoms with Crippen molar-refractivity contribution in [2.75, 3.05) is 19.6 Å². The van der Waals surface area contributed by atoms with Crippen LogP contribution in [0, 0.1) is 5.92 Å². The molecule has 1 N–H and O–H groups in total. The van der Waals surface area contributed by atoms with Crippen LogP contribution in [0.25, 0.3) is 0 Å². The summed E-state index contributed by atoms with van der Waals surface area (Å²) in [6.07, 6.45) is 1.35. The molecule has 0 saturated carbocycles. The summed E-state index contributed by atoms with van der Waals surface area (Å²) in [5.74, 6) is -0.0906. The second-order valence-electron chi connectivity index (χ2n) is 7.63. The average Bonchev–Trinajstić information content (AvgIpc) is 2.54. The van der Waals surface area contributed by atoms with E-state index in [0.717, 1.165) is 12.8 Å². The topological polar surface area (TPSA) is 75.7 Å². The van der Waals surface area contributed by atoms with Crippen LogP contribution in [-0.2, 0) is 20.5 Å². The first-order chi connectivity index (χ1) is 12.1. The normalized spacial score (nSPS) is 18.6. The molecule has 1 aromatic rings. The lowest BCUT2D eigenvalue weighted by Crippen LogP contribution is -2.45. The van der Waals surface area contributed by atoms with Gasteiger partial charge in [0.2, 0.25) is 10.0 Å². The van der Waals surface area contributed by atoms with E-state index in [-0.39, 0.29) is 17.8 Å². The minimum atomic E-state index is -3.49. The van der Waals surface area contributed by atoms with Crippen molar-refractivity contribution in [3.8, 4) is 0 Å². The fourth-order valence-corrected chi connectivity index (χ4v) is 4.37. The van der Waals surface area contributed by atoms with Gasteiger partial charge >= 0.3 is 6.09 Å². The molecule has 1 amide bonds. The van der Waals surface area contributed by atoms with Crippen molar-refractivity contribution in [3.63, 3.8) is 0 Å². The Kier molecular flexibility index (Phi) is 6.93. The molecule has 1 fully saturated rings. The number of carbonyl (C=O) groups is 1. The predicted molar refractivity (Wildman–Crippen MR) is 103 cm³/mol. The second-order valence-corrected chi connectivity index (χ2v) is 9.85. The first-order valence-corrected chi connectivity index (χ1v) is 10.8. The number of rotatable bonds is 5. The zero-order chi connectivity index (χ0) is 19.4. The number of ether oxygens (including phenoxy) is 1. The maximum Gasteiger partial charge on any atom is 0.410 e. The lowest BCUT2D eigenvalue weighted by molar-refractivity contribution is 0.0169. The van der Waals surface area contributed by atoms with Crippen LogP contribution in [0.4, 0.5) is 4.79 Å². The van der Waals surface area contributed by atoms with Crippen LogP contribution < -0.4 is 4.72 Å². The number of nitrogens with zero attached hydrogens (tertiary/aromatic N) is 1. The molecular formula is C18H27ClN2O4S. The minimum Gasteiger partial charge on any atom is -0.444 e. The van der Waals surface area contributed by atoms with Crippen LogP contribution in [0.15, 0.2) is 24.3 Å². The van der Waals surface area contributed by atoms with Gasteiger partial charge in [0.25, 0.3) is 0 Å². The van der Waals surface area contributed by atoms with E-state index in [1.54, 1.807) is 29.2 Å². The number of likely N-dealkylation sites (tertiary alicyclic amines) is 1. The third-order valence-electron chi connectivity index (χ3n) is 4.07. The predicted octanol–water partition coefficient (Wildman–Crippen LogP) is 3.41. The molecular weight excluding hydrogens is 376 g/mol. The SMILES string of the molecule is CC(C)(C)OC(=O)N1CCCC(CNS(=O)(=O)Cc2ccccc2Cl)C1. The standard InChI is InChI=1S/C18H27ClN2O4S/c1-18(2,3)25-17(22)21-10-6-7-14(12-21)11-20-26(23,24)13-15-8-4-5-9-16(15)19/h4-5,8-9,14,20H,6-7,10-13H2,1-3H3. The third-order valence-corrected chi connectivity index (χ3v) is 5.73. The van der Waals surface area contributed by atoms with Gasteiger partial charge in [-0.3, -0.25) is 0 Å². The summed E-state index contributed by atoms with van der Waals surface area (Å²) in [4.78, 5) is 13.8. The number of halogens is 1. The molecule has 146 valence electrons. The summed E-state index contributed by atoms with van der Waals surface area (Å²) >= 11 is 6.04. The van der Waals surface area contributed by atoms with Gasteiger partial charge in [-0.1, -0.05) is 29.8 Å². The molecule has 6 nitrogen and oxygen atoms in total. The average molecular weight is 403 g/mol. The molecule has 0 aliphatic carbocycles. The molecule has 26 heavy (non-hydrogen) atoms. The Morgan fingerprint density at radius 3 is 2.69 bits per heavy atom. The summed E-state index contributed by atoms with van der Waals surface area (Å²) in [5, 5.41) is 0.437. The molecule has 2 rings (SSSR count). The van der Waals surface area contributed by atoms with Crippen LogP contribution in [0.3, 0.4) is 0 Å². The molecule has 0 spiro atoms. The van der Waals surface area contributed by atoms with Crippen molar-refractivity contribution in [2.24, 2.45) is 5.92 Å². The highest BCUT2D eigenvalue weighted by atomic mass is 35.5. The number of hydrogen-bond donors (Lipinski definition) is 1. The fraction of sp³-hybridized carbons (Fsp3) is 0.611. The van der Waals surface area contributed by atoms with Crippen LogP contribution >= 0.6 is 11.6 Å². The maximum absolute atomic E-state index is 12.3. The van der Waals surface area contributed by atoms with Crippen LogP contribution in [0.5, 0.6) is 0 Å². The van der Waals surface area contributed by atoms with E-state index in [4.69, 9.17) is 16.3 Å². The molecule has 1 aromatic carbocycles. The number of amides is 1. The molecule has 1 saturated heterocycles. The molecule has 1 unspecified atom stereocenters.